The number of carbonyl (C=O) groups excluding carboxylic acids is 2. The van der Waals surface area contributed by atoms with Crippen LogP contribution in [0.4, 0.5) is 18.9 Å². The fourth-order valence-corrected chi connectivity index (χ4v) is 1.98. The standard InChI is InChI=1S/C14H17ClF3N3O2.ClH/c1-8(19)5-13(23)21(2)7-12(22)20-9-3-4-11(15)10(6-9)14(16,17)18;/h3-4,6,8H,5,7,19H2,1-2H3,(H,20,22);1H. The molecule has 1 aromatic rings. The Morgan fingerprint density at radius 1 is 1.38 bits per heavy atom. The molecule has 0 spiro atoms. The van der Waals surface area contributed by atoms with E-state index in [-0.39, 0.29) is 43.0 Å². The van der Waals surface area contributed by atoms with Crippen LogP contribution in [0.2, 0.25) is 5.02 Å². The number of hydrogen-bond acceptors (Lipinski definition) is 3. The molecule has 2 amide bonds. The van der Waals surface area contributed by atoms with Crippen molar-refractivity contribution in [2.24, 2.45) is 5.73 Å². The van der Waals surface area contributed by atoms with Crippen molar-refractivity contribution in [2.75, 3.05) is 18.9 Å². The van der Waals surface area contributed by atoms with Gasteiger partial charge in [0.2, 0.25) is 11.8 Å². The SMILES string of the molecule is CC(N)CC(=O)N(C)CC(=O)Nc1ccc(Cl)c(C(F)(F)F)c1.Cl. The molecule has 0 radical (unpaired) electrons. The molecule has 0 aliphatic carbocycles. The minimum absolute atomic E-state index is 0. The molecule has 10 heteroatoms. The number of amides is 2. The molecule has 0 saturated heterocycles. The Balaban J connectivity index is 0.00000529. The van der Waals surface area contributed by atoms with E-state index in [9.17, 15) is 22.8 Å². The third-order valence-electron chi connectivity index (χ3n) is 2.86. The summed E-state index contributed by atoms with van der Waals surface area (Å²) >= 11 is 5.49. The van der Waals surface area contributed by atoms with Crippen LogP contribution < -0.4 is 11.1 Å². The van der Waals surface area contributed by atoms with Crippen LogP contribution in [0, 0.1) is 0 Å². The van der Waals surface area contributed by atoms with Gasteiger partial charge in [-0.15, -0.1) is 12.4 Å². The molecule has 0 saturated carbocycles. The summed E-state index contributed by atoms with van der Waals surface area (Å²) in [5.41, 5.74) is 4.39. The van der Waals surface area contributed by atoms with Crippen molar-refractivity contribution in [3.63, 3.8) is 0 Å². The van der Waals surface area contributed by atoms with Gasteiger partial charge in [-0.25, -0.2) is 0 Å². The van der Waals surface area contributed by atoms with Gasteiger partial charge in [0, 0.05) is 25.2 Å². The molecule has 24 heavy (non-hydrogen) atoms. The predicted molar refractivity (Wildman–Crippen MR) is 88.2 cm³/mol. The van der Waals surface area contributed by atoms with Crippen molar-refractivity contribution in [3.8, 4) is 0 Å². The molecule has 5 nitrogen and oxygen atoms in total. The van der Waals surface area contributed by atoms with Gasteiger partial charge in [0.25, 0.3) is 0 Å². The number of anilines is 1. The number of nitrogens with two attached hydrogens (primary N) is 1. The zero-order valence-electron chi connectivity index (χ0n) is 13.0. The zero-order chi connectivity index (χ0) is 17.8. The topological polar surface area (TPSA) is 75.4 Å². The van der Waals surface area contributed by atoms with Gasteiger partial charge < -0.3 is 16.0 Å². The van der Waals surface area contributed by atoms with Crippen molar-refractivity contribution < 1.29 is 22.8 Å². The van der Waals surface area contributed by atoms with E-state index in [1.807, 2.05) is 0 Å². The fourth-order valence-electron chi connectivity index (χ4n) is 1.76. The summed E-state index contributed by atoms with van der Waals surface area (Å²) in [4.78, 5) is 24.6. The van der Waals surface area contributed by atoms with Crippen LogP contribution in [-0.4, -0.2) is 36.3 Å². The second-order valence-electron chi connectivity index (χ2n) is 5.17. The molecule has 0 aliphatic heterocycles. The Labute approximate surface area is 148 Å². The zero-order valence-corrected chi connectivity index (χ0v) is 14.6. The van der Waals surface area contributed by atoms with Crippen LogP contribution in [0.25, 0.3) is 0 Å². The smallest absolute Gasteiger partial charge is 0.336 e. The van der Waals surface area contributed by atoms with Gasteiger partial charge in [-0.05, 0) is 25.1 Å². The van der Waals surface area contributed by atoms with Gasteiger partial charge >= 0.3 is 6.18 Å². The first-order valence-electron chi connectivity index (χ1n) is 6.67. The third-order valence-corrected chi connectivity index (χ3v) is 3.19. The van der Waals surface area contributed by atoms with E-state index in [1.165, 1.54) is 13.1 Å². The summed E-state index contributed by atoms with van der Waals surface area (Å²) in [6.45, 7) is 1.35. The van der Waals surface area contributed by atoms with Crippen LogP contribution in [0.1, 0.15) is 18.9 Å². The van der Waals surface area contributed by atoms with Crippen molar-refractivity contribution in [1.29, 1.82) is 0 Å². The van der Waals surface area contributed by atoms with E-state index >= 15 is 0 Å². The van der Waals surface area contributed by atoms with Crippen LogP contribution in [0.5, 0.6) is 0 Å². The first kappa shape index (κ1) is 22.5. The lowest BCUT2D eigenvalue weighted by atomic mass is 10.2. The molecule has 0 aliphatic rings. The number of halogens is 5. The lowest BCUT2D eigenvalue weighted by Gasteiger charge is -2.18. The average molecular weight is 388 g/mol. The highest BCUT2D eigenvalue weighted by molar-refractivity contribution is 6.31. The minimum atomic E-state index is -4.62. The number of nitrogens with one attached hydrogen (secondary N) is 1. The minimum Gasteiger partial charge on any atom is -0.336 e. The molecular formula is C14H18Cl2F3N3O2. The van der Waals surface area contributed by atoms with Gasteiger partial charge in [0.15, 0.2) is 0 Å². The lowest BCUT2D eigenvalue weighted by Crippen LogP contribution is -2.37. The number of likely N-dealkylation sites (N-methyl/N-ethyl adjacent to an activating group) is 1. The number of benzene rings is 1. The molecule has 0 bridgehead atoms. The fraction of sp³-hybridized carbons (Fsp3) is 0.429. The van der Waals surface area contributed by atoms with Gasteiger partial charge in [-0.3, -0.25) is 9.59 Å². The van der Waals surface area contributed by atoms with Crippen molar-refractivity contribution in [3.05, 3.63) is 28.8 Å². The Morgan fingerprint density at radius 2 is 1.96 bits per heavy atom. The maximum absolute atomic E-state index is 12.7. The van der Waals surface area contributed by atoms with Gasteiger partial charge in [-0.1, -0.05) is 11.6 Å². The summed E-state index contributed by atoms with van der Waals surface area (Å²) in [6.07, 6.45) is -4.55. The third kappa shape index (κ3) is 6.94. The van der Waals surface area contributed by atoms with E-state index in [4.69, 9.17) is 17.3 Å². The maximum Gasteiger partial charge on any atom is 0.417 e. The van der Waals surface area contributed by atoms with E-state index in [2.05, 4.69) is 5.32 Å². The molecule has 0 aromatic heterocycles. The lowest BCUT2D eigenvalue weighted by molar-refractivity contribution is -0.137. The normalized spacial score (nSPS) is 12.1. The molecule has 1 rings (SSSR count). The van der Waals surface area contributed by atoms with Crippen LogP contribution in [0.15, 0.2) is 18.2 Å². The highest BCUT2D eigenvalue weighted by Gasteiger charge is 2.33. The van der Waals surface area contributed by atoms with E-state index in [0.717, 1.165) is 17.0 Å². The number of nitrogens with zero attached hydrogens (tertiary/aromatic N) is 1. The summed E-state index contributed by atoms with van der Waals surface area (Å²) in [5, 5.41) is 1.84. The van der Waals surface area contributed by atoms with Gasteiger partial charge in [0.05, 0.1) is 17.1 Å². The number of hydrogen-bond donors (Lipinski definition) is 2. The Morgan fingerprint density at radius 3 is 2.46 bits per heavy atom. The number of carbonyl (C=O) groups is 2. The molecule has 1 unspecified atom stereocenters. The van der Waals surface area contributed by atoms with E-state index < -0.39 is 22.7 Å². The van der Waals surface area contributed by atoms with E-state index in [0.29, 0.717) is 0 Å². The Kier molecular flexibility index (Phi) is 8.53. The molecule has 1 aromatic carbocycles. The number of alkyl halides is 3. The van der Waals surface area contributed by atoms with Crippen molar-refractivity contribution >= 4 is 41.5 Å². The van der Waals surface area contributed by atoms with Crippen molar-refractivity contribution in [1.82, 2.24) is 4.90 Å². The highest BCUT2D eigenvalue weighted by atomic mass is 35.5. The van der Waals surface area contributed by atoms with Crippen molar-refractivity contribution in [2.45, 2.75) is 25.6 Å². The molecule has 1 atom stereocenters. The maximum atomic E-state index is 12.7. The molecule has 0 fully saturated rings. The molecule has 3 N–H and O–H groups in total. The Bertz CT molecular complexity index is 595. The second kappa shape index (κ2) is 9.10. The molecule has 136 valence electrons. The second-order valence-corrected chi connectivity index (χ2v) is 5.58. The van der Waals surface area contributed by atoms with Crippen LogP contribution in [-0.2, 0) is 15.8 Å². The Hall–Kier alpha value is -1.51. The quantitative estimate of drug-likeness (QED) is 0.815. The van der Waals surface area contributed by atoms with E-state index in [1.54, 1.807) is 6.92 Å². The summed E-state index contributed by atoms with van der Waals surface area (Å²) < 4.78 is 38.2. The monoisotopic (exact) mass is 387 g/mol. The van der Waals surface area contributed by atoms with Gasteiger partial charge in [-0.2, -0.15) is 13.2 Å². The predicted octanol–water partition coefficient (Wildman–Crippen LogP) is 2.91. The molecule has 0 heterocycles. The first-order valence-corrected chi connectivity index (χ1v) is 7.04. The average Bonchev–Trinajstić information content (AvgIpc) is 2.38. The summed E-state index contributed by atoms with van der Waals surface area (Å²) in [6, 6.07) is 2.69. The number of rotatable bonds is 5. The van der Waals surface area contributed by atoms with Crippen LogP contribution in [0.3, 0.4) is 0 Å². The summed E-state index contributed by atoms with van der Waals surface area (Å²) in [5.74, 6) is -0.955. The summed E-state index contributed by atoms with van der Waals surface area (Å²) in [7, 11) is 1.41. The first-order chi connectivity index (χ1) is 10.5. The molecular weight excluding hydrogens is 370 g/mol. The van der Waals surface area contributed by atoms with Gasteiger partial charge in [0.1, 0.15) is 0 Å². The highest BCUT2D eigenvalue weighted by Crippen LogP contribution is 2.36. The largest absolute Gasteiger partial charge is 0.417 e. The van der Waals surface area contributed by atoms with Crippen LogP contribution >= 0.6 is 24.0 Å².